The minimum absolute atomic E-state index is 0.0565. The van der Waals surface area contributed by atoms with Crippen LogP contribution >= 0.6 is 0 Å². The first-order chi connectivity index (χ1) is 9.69. The number of hydrogen-bond acceptors (Lipinski definition) is 3. The summed E-state index contributed by atoms with van der Waals surface area (Å²) < 4.78 is 5.80. The molecule has 0 unspecified atom stereocenters. The molecule has 0 radical (unpaired) electrons. The molecule has 2 rings (SSSR count). The lowest BCUT2D eigenvalue weighted by Crippen LogP contribution is -2.51. The van der Waals surface area contributed by atoms with Crippen molar-refractivity contribution in [2.75, 3.05) is 19.7 Å². The molecule has 1 aromatic carbocycles. The van der Waals surface area contributed by atoms with Crippen molar-refractivity contribution in [1.29, 1.82) is 0 Å². The molecule has 110 valence electrons. The van der Waals surface area contributed by atoms with E-state index in [4.69, 9.17) is 4.74 Å². The first kappa shape index (κ1) is 15.0. The SMILES string of the molecule is CCC(=O)N[C@H](C)[C@H]1CN(Cc2ccccc2)CCO1. The quantitative estimate of drug-likeness (QED) is 0.891. The molecule has 1 aromatic rings. The van der Waals surface area contributed by atoms with Crippen LogP contribution in [0, 0.1) is 0 Å². The second-order valence-electron chi connectivity index (χ2n) is 5.34. The monoisotopic (exact) mass is 276 g/mol. The molecule has 1 heterocycles. The zero-order valence-electron chi connectivity index (χ0n) is 12.3. The summed E-state index contributed by atoms with van der Waals surface area (Å²) in [6, 6.07) is 10.5. The van der Waals surface area contributed by atoms with Gasteiger partial charge in [-0.3, -0.25) is 9.69 Å². The van der Waals surface area contributed by atoms with E-state index in [-0.39, 0.29) is 18.1 Å². The summed E-state index contributed by atoms with van der Waals surface area (Å²) in [6.07, 6.45) is 0.591. The lowest BCUT2D eigenvalue weighted by atomic mass is 10.1. The van der Waals surface area contributed by atoms with Crippen LogP contribution in [0.25, 0.3) is 0 Å². The molecule has 1 fully saturated rings. The van der Waals surface area contributed by atoms with Crippen molar-refractivity contribution in [2.45, 2.75) is 39.0 Å². The lowest BCUT2D eigenvalue weighted by molar-refractivity contribution is -0.123. The van der Waals surface area contributed by atoms with Gasteiger partial charge in [-0.25, -0.2) is 0 Å². The van der Waals surface area contributed by atoms with Crippen LogP contribution in [0.4, 0.5) is 0 Å². The van der Waals surface area contributed by atoms with Crippen LogP contribution in [0.1, 0.15) is 25.8 Å². The Hall–Kier alpha value is -1.39. The highest BCUT2D eigenvalue weighted by atomic mass is 16.5. The van der Waals surface area contributed by atoms with Crippen molar-refractivity contribution in [2.24, 2.45) is 0 Å². The second-order valence-corrected chi connectivity index (χ2v) is 5.34. The first-order valence-electron chi connectivity index (χ1n) is 7.36. The van der Waals surface area contributed by atoms with Gasteiger partial charge < -0.3 is 10.1 Å². The average Bonchev–Trinajstić information content (AvgIpc) is 2.48. The van der Waals surface area contributed by atoms with Gasteiger partial charge in [-0.05, 0) is 12.5 Å². The van der Waals surface area contributed by atoms with E-state index >= 15 is 0 Å². The first-order valence-corrected chi connectivity index (χ1v) is 7.36. The fourth-order valence-electron chi connectivity index (χ4n) is 2.47. The third-order valence-electron chi connectivity index (χ3n) is 3.69. The minimum atomic E-state index is 0.0565. The van der Waals surface area contributed by atoms with Gasteiger partial charge >= 0.3 is 0 Å². The summed E-state index contributed by atoms with van der Waals surface area (Å²) in [7, 11) is 0. The summed E-state index contributed by atoms with van der Waals surface area (Å²) in [5, 5.41) is 2.99. The van der Waals surface area contributed by atoms with E-state index in [0.29, 0.717) is 6.42 Å². The van der Waals surface area contributed by atoms with Gasteiger partial charge in [0, 0.05) is 26.1 Å². The maximum Gasteiger partial charge on any atom is 0.220 e. The minimum Gasteiger partial charge on any atom is -0.373 e. The molecular weight excluding hydrogens is 252 g/mol. The Labute approximate surface area is 121 Å². The number of carbonyl (C=O) groups excluding carboxylic acids is 1. The largest absolute Gasteiger partial charge is 0.373 e. The van der Waals surface area contributed by atoms with Gasteiger partial charge in [-0.2, -0.15) is 0 Å². The molecule has 1 aliphatic rings. The molecule has 1 N–H and O–H groups in total. The van der Waals surface area contributed by atoms with Crippen LogP contribution in [-0.4, -0.2) is 42.6 Å². The molecule has 1 aliphatic heterocycles. The highest BCUT2D eigenvalue weighted by Crippen LogP contribution is 2.12. The Morgan fingerprint density at radius 1 is 1.45 bits per heavy atom. The summed E-state index contributed by atoms with van der Waals surface area (Å²) in [6.45, 7) is 7.36. The third kappa shape index (κ3) is 4.32. The molecule has 0 aliphatic carbocycles. The standard InChI is InChI=1S/C16H24N2O2/c1-3-16(19)17-13(2)15-12-18(9-10-20-15)11-14-7-5-4-6-8-14/h4-8,13,15H,3,9-12H2,1-2H3,(H,17,19)/t13-,15-/m1/s1. The molecular formula is C16H24N2O2. The van der Waals surface area contributed by atoms with Crippen molar-refractivity contribution in [3.8, 4) is 0 Å². The highest BCUT2D eigenvalue weighted by molar-refractivity contribution is 5.75. The Kier molecular flexibility index (Phi) is 5.56. The smallest absolute Gasteiger partial charge is 0.220 e. The van der Waals surface area contributed by atoms with Crippen molar-refractivity contribution in [3.05, 3.63) is 35.9 Å². The van der Waals surface area contributed by atoms with Crippen LogP contribution in [0.3, 0.4) is 0 Å². The molecule has 1 amide bonds. The number of nitrogens with one attached hydrogen (secondary N) is 1. The summed E-state index contributed by atoms with van der Waals surface area (Å²) >= 11 is 0. The van der Waals surface area contributed by atoms with Crippen LogP contribution in [-0.2, 0) is 16.1 Å². The van der Waals surface area contributed by atoms with Crippen molar-refractivity contribution < 1.29 is 9.53 Å². The molecule has 0 spiro atoms. The number of carbonyl (C=O) groups is 1. The highest BCUT2D eigenvalue weighted by Gasteiger charge is 2.26. The number of morpholine rings is 1. The van der Waals surface area contributed by atoms with Gasteiger partial charge in [0.05, 0.1) is 18.8 Å². The summed E-state index contributed by atoms with van der Waals surface area (Å²) in [5.74, 6) is 0.0845. The average molecular weight is 276 g/mol. The van der Waals surface area contributed by atoms with Gasteiger partial charge in [0.25, 0.3) is 0 Å². The van der Waals surface area contributed by atoms with E-state index in [2.05, 4.69) is 34.5 Å². The van der Waals surface area contributed by atoms with Crippen LogP contribution in [0.5, 0.6) is 0 Å². The Balaban J connectivity index is 1.86. The number of rotatable bonds is 5. The number of ether oxygens (including phenoxy) is 1. The third-order valence-corrected chi connectivity index (χ3v) is 3.69. The molecule has 0 bridgehead atoms. The van der Waals surface area contributed by atoms with E-state index in [1.54, 1.807) is 0 Å². The zero-order valence-corrected chi connectivity index (χ0v) is 12.3. The fourth-order valence-corrected chi connectivity index (χ4v) is 2.47. The van der Waals surface area contributed by atoms with Crippen LogP contribution in [0.2, 0.25) is 0 Å². The Bertz CT molecular complexity index is 422. The van der Waals surface area contributed by atoms with Gasteiger partial charge in [-0.15, -0.1) is 0 Å². The molecule has 0 saturated carbocycles. The van der Waals surface area contributed by atoms with E-state index < -0.39 is 0 Å². The predicted octanol–water partition coefficient (Wildman–Crippen LogP) is 1.80. The Morgan fingerprint density at radius 3 is 2.90 bits per heavy atom. The lowest BCUT2D eigenvalue weighted by Gasteiger charge is -2.36. The van der Waals surface area contributed by atoms with Crippen molar-refractivity contribution in [1.82, 2.24) is 10.2 Å². The molecule has 0 aromatic heterocycles. The molecule has 2 atom stereocenters. The maximum absolute atomic E-state index is 11.5. The van der Waals surface area contributed by atoms with Gasteiger partial charge in [0.1, 0.15) is 0 Å². The maximum atomic E-state index is 11.5. The molecule has 20 heavy (non-hydrogen) atoms. The molecule has 4 heteroatoms. The zero-order chi connectivity index (χ0) is 14.4. The summed E-state index contributed by atoms with van der Waals surface area (Å²) in [5.41, 5.74) is 1.32. The normalized spacial score (nSPS) is 21.4. The van der Waals surface area contributed by atoms with Gasteiger partial charge in [-0.1, -0.05) is 37.3 Å². The molecule has 1 saturated heterocycles. The summed E-state index contributed by atoms with van der Waals surface area (Å²) in [4.78, 5) is 13.8. The van der Waals surface area contributed by atoms with Gasteiger partial charge in [0.15, 0.2) is 0 Å². The van der Waals surface area contributed by atoms with Gasteiger partial charge in [0.2, 0.25) is 5.91 Å². The predicted molar refractivity (Wildman–Crippen MR) is 79.4 cm³/mol. The van der Waals surface area contributed by atoms with Crippen molar-refractivity contribution in [3.63, 3.8) is 0 Å². The molecule has 4 nitrogen and oxygen atoms in total. The van der Waals surface area contributed by atoms with Crippen molar-refractivity contribution >= 4 is 5.91 Å². The second kappa shape index (κ2) is 7.41. The topological polar surface area (TPSA) is 41.6 Å². The number of benzene rings is 1. The van der Waals surface area contributed by atoms with Crippen LogP contribution in [0.15, 0.2) is 30.3 Å². The number of hydrogen-bond donors (Lipinski definition) is 1. The van der Waals surface area contributed by atoms with E-state index in [9.17, 15) is 4.79 Å². The number of amides is 1. The van der Waals surface area contributed by atoms with E-state index in [1.807, 2.05) is 19.9 Å². The van der Waals surface area contributed by atoms with E-state index in [0.717, 1.165) is 26.2 Å². The fraction of sp³-hybridized carbons (Fsp3) is 0.562. The number of nitrogens with zero attached hydrogens (tertiary/aromatic N) is 1. The van der Waals surface area contributed by atoms with E-state index in [1.165, 1.54) is 5.56 Å². The van der Waals surface area contributed by atoms with Crippen LogP contribution < -0.4 is 5.32 Å². The Morgan fingerprint density at radius 2 is 2.20 bits per heavy atom.